The fourth-order valence-electron chi connectivity index (χ4n) is 1.59. The Bertz CT molecular complexity index is 514. The molecule has 0 atom stereocenters. The van der Waals surface area contributed by atoms with E-state index in [0.717, 1.165) is 0 Å². The van der Waals surface area contributed by atoms with Crippen LogP contribution in [-0.4, -0.2) is 61.9 Å². The van der Waals surface area contributed by atoms with Crippen molar-refractivity contribution < 1.29 is 0 Å². The number of guanidine groups is 2. The molecule has 0 unspecified atom stereocenters. The summed E-state index contributed by atoms with van der Waals surface area (Å²) in [4.78, 5) is 1.97. The third kappa shape index (κ3) is 11.1. The number of rotatable bonds is 9. The summed E-state index contributed by atoms with van der Waals surface area (Å²) in [5.41, 5.74) is 0. The monoisotopic (exact) mass is 332 g/mol. The summed E-state index contributed by atoms with van der Waals surface area (Å²) in [7, 11) is 0. The van der Waals surface area contributed by atoms with Crippen molar-refractivity contribution in [3.8, 4) is 18.5 Å². The number of amidine groups is 1. The molecular formula is C12H20N12. The van der Waals surface area contributed by atoms with Crippen molar-refractivity contribution in [3.05, 3.63) is 0 Å². The molecule has 0 aromatic heterocycles. The average Bonchev–Trinajstić information content (AvgIpc) is 2.54. The van der Waals surface area contributed by atoms with E-state index in [-0.39, 0.29) is 17.8 Å². The summed E-state index contributed by atoms with van der Waals surface area (Å²) in [6.45, 7) is 2.84. The Hall–Kier alpha value is -3.56. The first-order chi connectivity index (χ1) is 11.5. The Kier molecular flexibility index (Phi) is 11.2. The minimum atomic E-state index is -0.216. The number of hydrogen-bond donors (Lipinski definition) is 8. The zero-order valence-electron chi connectivity index (χ0n) is 13.0. The molecule has 0 aliphatic heterocycles. The van der Waals surface area contributed by atoms with Gasteiger partial charge >= 0.3 is 0 Å². The summed E-state index contributed by atoms with van der Waals surface area (Å²) in [6.07, 6.45) is 3.27. The van der Waals surface area contributed by atoms with Crippen LogP contribution < -0.4 is 26.6 Å². The molecular weight excluding hydrogens is 312 g/mol. The maximum Gasteiger partial charge on any atom is 0.201 e. The SMILES string of the molecule is N#CNC(=N)NCCN(CCNC(=N)C#N)CCNC(=N)NC#N. The van der Waals surface area contributed by atoms with Crippen molar-refractivity contribution in [1.29, 1.82) is 32.0 Å². The molecule has 0 aliphatic carbocycles. The Morgan fingerprint density at radius 1 is 0.750 bits per heavy atom. The van der Waals surface area contributed by atoms with Crippen molar-refractivity contribution in [2.75, 3.05) is 39.3 Å². The normalized spacial score (nSPS) is 8.92. The summed E-state index contributed by atoms with van der Waals surface area (Å²) < 4.78 is 0. The fourth-order valence-corrected chi connectivity index (χ4v) is 1.59. The molecule has 0 amide bonds. The number of hydrogen-bond acceptors (Lipinski definition) is 7. The van der Waals surface area contributed by atoms with Crippen LogP contribution in [0.4, 0.5) is 0 Å². The van der Waals surface area contributed by atoms with E-state index in [1.807, 2.05) is 4.90 Å². The second-order valence-electron chi connectivity index (χ2n) is 4.33. The molecule has 0 bridgehead atoms. The lowest BCUT2D eigenvalue weighted by molar-refractivity contribution is 0.285. The first-order valence-corrected chi connectivity index (χ1v) is 6.93. The van der Waals surface area contributed by atoms with Crippen molar-refractivity contribution in [2.45, 2.75) is 0 Å². The van der Waals surface area contributed by atoms with E-state index in [4.69, 9.17) is 32.0 Å². The predicted molar refractivity (Wildman–Crippen MR) is 86.7 cm³/mol. The lowest BCUT2D eigenvalue weighted by Crippen LogP contribution is -2.45. The van der Waals surface area contributed by atoms with Crippen LogP contribution >= 0.6 is 0 Å². The minimum absolute atomic E-state index is 0.0973. The summed E-state index contributed by atoms with van der Waals surface area (Å²) in [5, 5.41) is 59.7. The highest BCUT2D eigenvalue weighted by Gasteiger charge is 2.06. The van der Waals surface area contributed by atoms with Gasteiger partial charge in [-0.15, -0.1) is 0 Å². The fraction of sp³-hybridized carbons (Fsp3) is 0.500. The molecule has 0 saturated heterocycles. The van der Waals surface area contributed by atoms with Gasteiger partial charge in [-0.25, -0.2) is 0 Å². The average molecular weight is 332 g/mol. The molecule has 0 aromatic rings. The molecule has 128 valence electrons. The van der Waals surface area contributed by atoms with Crippen molar-refractivity contribution >= 4 is 17.8 Å². The van der Waals surface area contributed by atoms with E-state index in [1.165, 1.54) is 0 Å². The summed E-state index contributed by atoms with van der Waals surface area (Å²) >= 11 is 0. The molecule has 8 N–H and O–H groups in total. The van der Waals surface area contributed by atoms with Gasteiger partial charge in [0.05, 0.1) is 0 Å². The molecule has 0 aliphatic rings. The smallest absolute Gasteiger partial charge is 0.201 e. The van der Waals surface area contributed by atoms with Gasteiger partial charge in [-0.1, -0.05) is 0 Å². The van der Waals surface area contributed by atoms with Gasteiger partial charge in [0.2, 0.25) is 11.9 Å². The van der Waals surface area contributed by atoms with Crippen LogP contribution in [0.3, 0.4) is 0 Å². The van der Waals surface area contributed by atoms with Crippen LogP contribution in [0.5, 0.6) is 0 Å². The van der Waals surface area contributed by atoms with E-state index in [1.54, 1.807) is 18.5 Å². The highest BCUT2D eigenvalue weighted by atomic mass is 15.2. The Morgan fingerprint density at radius 3 is 1.54 bits per heavy atom. The molecule has 0 fully saturated rings. The molecule has 0 aromatic carbocycles. The third-order valence-electron chi connectivity index (χ3n) is 2.66. The van der Waals surface area contributed by atoms with Crippen LogP contribution in [0.25, 0.3) is 0 Å². The van der Waals surface area contributed by atoms with Gasteiger partial charge in [0.15, 0.2) is 18.2 Å². The molecule has 12 heteroatoms. The second-order valence-corrected chi connectivity index (χ2v) is 4.33. The lowest BCUT2D eigenvalue weighted by Gasteiger charge is -2.23. The highest BCUT2D eigenvalue weighted by molar-refractivity contribution is 5.93. The van der Waals surface area contributed by atoms with Crippen molar-refractivity contribution in [3.63, 3.8) is 0 Å². The standard InChI is InChI=1S/C12H20N12/c13-7-10(16)19-1-4-24(5-2-20-11(17)22-8-14)6-3-21-12(18)23-9-15/h1-6H2,(H2,16,19)(H3,17,20,22)(H3,18,21,23). The van der Waals surface area contributed by atoms with Crippen LogP contribution in [0, 0.1) is 50.5 Å². The van der Waals surface area contributed by atoms with Crippen LogP contribution in [-0.2, 0) is 0 Å². The predicted octanol–water partition coefficient (Wildman–Crippen LogP) is -2.43. The zero-order chi connectivity index (χ0) is 18.2. The van der Waals surface area contributed by atoms with E-state index in [9.17, 15) is 0 Å². The lowest BCUT2D eigenvalue weighted by atomic mass is 10.4. The second kappa shape index (κ2) is 13.1. The van der Waals surface area contributed by atoms with Gasteiger partial charge in [0.25, 0.3) is 0 Å². The van der Waals surface area contributed by atoms with Crippen LogP contribution in [0.1, 0.15) is 0 Å². The molecule has 0 rings (SSSR count). The largest absolute Gasteiger partial charge is 0.360 e. The third-order valence-corrected chi connectivity index (χ3v) is 2.66. The van der Waals surface area contributed by atoms with Gasteiger partial charge in [-0.2, -0.15) is 15.8 Å². The topological polar surface area (TPSA) is 206 Å². The molecule has 0 spiro atoms. The molecule has 0 saturated carbocycles. The zero-order valence-corrected chi connectivity index (χ0v) is 13.0. The Labute approximate surface area is 139 Å². The van der Waals surface area contributed by atoms with Crippen molar-refractivity contribution in [2.24, 2.45) is 0 Å². The van der Waals surface area contributed by atoms with Crippen LogP contribution in [0.15, 0.2) is 0 Å². The summed E-state index contributed by atoms with van der Waals surface area (Å²) in [5.74, 6) is -0.411. The van der Waals surface area contributed by atoms with Crippen LogP contribution in [0.2, 0.25) is 0 Å². The molecule has 12 nitrogen and oxygen atoms in total. The van der Waals surface area contributed by atoms with E-state index in [2.05, 4.69) is 26.6 Å². The maximum absolute atomic E-state index is 8.52. The van der Waals surface area contributed by atoms with E-state index in [0.29, 0.717) is 39.3 Å². The Balaban J connectivity index is 4.23. The number of nitriles is 3. The summed E-state index contributed by atoms with van der Waals surface area (Å²) in [6, 6.07) is 1.68. The minimum Gasteiger partial charge on any atom is -0.360 e. The Morgan fingerprint density at radius 2 is 1.17 bits per heavy atom. The van der Waals surface area contributed by atoms with Gasteiger partial charge in [0.1, 0.15) is 6.07 Å². The quantitative estimate of drug-likeness (QED) is 0.0975. The van der Waals surface area contributed by atoms with E-state index >= 15 is 0 Å². The first-order valence-electron chi connectivity index (χ1n) is 6.93. The highest BCUT2D eigenvalue weighted by Crippen LogP contribution is 1.86. The van der Waals surface area contributed by atoms with E-state index < -0.39 is 0 Å². The maximum atomic E-state index is 8.52. The van der Waals surface area contributed by atoms with Crippen molar-refractivity contribution in [1.82, 2.24) is 31.5 Å². The molecule has 0 heterocycles. The van der Waals surface area contributed by atoms with Gasteiger partial charge in [-0.05, 0) is 0 Å². The molecule has 0 radical (unpaired) electrons. The number of nitrogens with one attached hydrogen (secondary N) is 8. The number of nitrogens with zero attached hydrogens (tertiary/aromatic N) is 4. The van der Waals surface area contributed by atoms with Gasteiger partial charge in [0, 0.05) is 39.3 Å². The first kappa shape index (κ1) is 20.4. The van der Waals surface area contributed by atoms with Gasteiger partial charge < -0.3 is 16.0 Å². The molecule has 24 heavy (non-hydrogen) atoms. The van der Waals surface area contributed by atoms with Gasteiger partial charge in [-0.3, -0.25) is 31.8 Å².